The molecule has 0 radical (unpaired) electrons. The van der Waals surface area contributed by atoms with Gasteiger partial charge in [0.15, 0.2) is 5.76 Å². The molecule has 0 unspecified atom stereocenters. The number of hydrogen-bond donors (Lipinski definition) is 1. The maximum absolute atomic E-state index is 5.52. The van der Waals surface area contributed by atoms with Gasteiger partial charge < -0.3 is 9.84 Å². The molecule has 1 N–H and O–H groups in total. The monoisotopic (exact) mass is 304 g/mol. The standard InChI is InChI=1S/C14H13BrN2O/c15-9-1-4-11-8(5-9)6-12-13(17-18-14(11)12)7-16-10-2-3-10/h1,4-5,10,16H,2-3,6-7H2. The Morgan fingerprint density at radius 3 is 3.11 bits per heavy atom. The molecule has 0 saturated heterocycles. The van der Waals surface area contributed by atoms with E-state index in [9.17, 15) is 0 Å². The number of aromatic nitrogens is 1. The van der Waals surface area contributed by atoms with Gasteiger partial charge in [-0.15, -0.1) is 0 Å². The fourth-order valence-electron chi connectivity index (χ4n) is 2.52. The van der Waals surface area contributed by atoms with Crippen LogP contribution >= 0.6 is 15.9 Å². The highest BCUT2D eigenvalue weighted by atomic mass is 79.9. The van der Waals surface area contributed by atoms with Crippen molar-refractivity contribution < 1.29 is 4.52 Å². The van der Waals surface area contributed by atoms with E-state index in [4.69, 9.17) is 4.52 Å². The van der Waals surface area contributed by atoms with Crippen LogP contribution in [0.3, 0.4) is 0 Å². The lowest BCUT2D eigenvalue weighted by Crippen LogP contribution is -2.16. The molecule has 2 aliphatic rings. The van der Waals surface area contributed by atoms with Crippen LogP contribution < -0.4 is 5.32 Å². The number of benzene rings is 1. The van der Waals surface area contributed by atoms with E-state index in [0.717, 1.165) is 28.9 Å². The van der Waals surface area contributed by atoms with Crippen molar-refractivity contribution >= 4 is 15.9 Å². The van der Waals surface area contributed by atoms with Gasteiger partial charge in [-0.3, -0.25) is 0 Å². The van der Waals surface area contributed by atoms with Crippen molar-refractivity contribution in [3.63, 3.8) is 0 Å². The molecule has 0 aliphatic heterocycles. The van der Waals surface area contributed by atoms with Crippen molar-refractivity contribution in [1.82, 2.24) is 10.5 Å². The lowest BCUT2D eigenvalue weighted by atomic mass is 10.1. The summed E-state index contributed by atoms with van der Waals surface area (Å²) in [5.41, 5.74) is 4.85. The summed E-state index contributed by atoms with van der Waals surface area (Å²) >= 11 is 3.52. The third kappa shape index (κ3) is 1.71. The molecule has 2 aromatic rings. The summed E-state index contributed by atoms with van der Waals surface area (Å²) in [6.07, 6.45) is 3.54. The Bertz CT molecular complexity index is 616. The van der Waals surface area contributed by atoms with E-state index in [0.29, 0.717) is 6.04 Å². The highest BCUT2D eigenvalue weighted by Crippen LogP contribution is 2.39. The van der Waals surface area contributed by atoms with Crippen LogP contribution in [0.1, 0.15) is 29.7 Å². The van der Waals surface area contributed by atoms with Crippen molar-refractivity contribution in [2.45, 2.75) is 31.8 Å². The van der Waals surface area contributed by atoms with E-state index in [1.165, 1.54) is 29.5 Å². The van der Waals surface area contributed by atoms with E-state index in [-0.39, 0.29) is 0 Å². The highest BCUT2D eigenvalue weighted by Gasteiger charge is 2.28. The zero-order valence-electron chi connectivity index (χ0n) is 9.87. The topological polar surface area (TPSA) is 38.1 Å². The number of hydrogen-bond acceptors (Lipinski definition) is 3. The van der Waals surface area contributed by atoms with Gasteiger partial charge in [0.25, 0.3) is 0 Å². The van der Waals surface area contributed by atoms with Gasteiger partial charge in [-0.2, -0.15) is 0 Å². The molecule has 0 bridgehead atoms. The summed E-state index contributed by atoms with van der Waals surface area (Å²) in [4.78, 5) is 0. The van der Waals surface area contributed by atoms with Crippen molar-refractivity contribution in [2.24, 2.45) is 0 Å². The predicted octanol–water partition coefficient (Wildman–Crippen LogP) is 3.26. The zero-order valence-corrected chi connectivity index (χ0v) is 11.5. The molecule has 1 aromatic heterocycles. The predicted molar refractivity (Wildman–Crippen MR) is 72.3 cm³/mol. The quantitative estimate of drug-likeness (QED) is 0.807. The lowest BCUT2D eigenvalue weighted by molar-refractivity contribution is 0.420. The van der Waals surface area contributed by atoms with Gasteiger partial charge in [-0.05, 0) is 36.6 Å². The van der Waals surface area contributed by atoms with Crippen LogP contribution in [0.4, 0.5) is 0 Å². The molecule has 0 spiro atoms. The Kier molecular flexibility index (Phi) is 2.35. The molecule has 4 rings (SSSR count). The minimum Gasteiger partial charge on any atom is -0.356 e. The van der Waals surface area contributed by atoms with Crippen molar-refractivity contribution in [3.8, 4) is 11.3 Å². The summed E-state index contributed by atoms with van der Waals surface area (Å²) in [5.74, 6) is 0.963. The van der Waals surface area contributed by atoms with Crippen LogP contribution in [0, 0.1) is 0 Å². The maximum atomic E-state index is 5.52. The van der Waals surface area contributed by atoms with Gasteiger partial charge >= 0.3 is 0 Å². The van der Waals surface area contributed by atoms with Gasteiger partial charge in [-0.1, -0.05) is 21.1 Å². The minimum absolute atomic E-state index is 0.704. The van der Waals surface area contributed by atoms with Crippen LogP contribution in [0.25, 0.3) is 11.3 Å². The second kappa shape index (κ2) is 3.93. The van der Waals surface area contributed by atoms with Crippen LogP contribution in [-0.2, 0) is 13.0 Å². The zero-order chi connectivity index (χ0) is 12.1. The fraction of sp³-hybridized carbons (Fsp3) is 0.357. The van der Waals surface area contributed by atoms with Gasteiger partial charge in [0.1, 0.15) is 5.69 Å². The first-order chi connectivity index (χ1) is 8.81. The third-order valence-corrected chi connectivity index (χ3v) is 4.18. The van der Waals surface area contributed by atoms with E-state index >= 15 is 0 Å². The van der Waals surface area contributed by atoms with Gasteiger partial charge in [0.05, 0.1) is 0 Å². The molecule has 1 heterocycles. The molecule has 18 heavy (non-hydrogen) atoms. The first-order valence-electron chi connectivity index (χ1n) is 6.31. The fourth-order valence-corrected chi connectivity index (χ4v) is 2.93. The number of nitrogens with zero attached hydrogens (tertiary/aromatic N) is 1. The van der Waals surface area contributed by atoms with Crippen LogP contribution in [-0.4, -0.2) is 11.2 Å². The number of nitrogens with one attached hydrogen (secondary N) is 1. The summed E-state index contributed by atoms with van der Waals surface area (Å²) in [6.45, 7) is 0.832. The molecule has 3 nitrogen and oxygen atoms in total. The molecular weight excluding hydrogens is 292 g/mol. The highest BCUT2D eigenvalue weighted by molar-refractivity contribution is 9.10. The first-order valence-corrected chi connectivity index (χ1v) is 7.10. The summed E-state index contributed by atoms with van der Waals surface area (Å²) in [7, 11) is 0. The molecule has 1 fully saturated rings. The Labute approximate surface area is 114 Å². The SMILES string of the molecule is Brc1ccc2c(c1)Cc1c(CNC3CC3)noc1-2. The molecular formula is C14H13BrN2O. The molecule has 2 aliphatic carbocycles. The molecule has 1 saturated carbocycles. The third-order valence-electron chi connectivity index (χ3n) is 3.68. The summed E-state index contributed by atoms with van der Waals surface area (Å²) in [6, 6.07) is 7.03. The smallest absolute Gasteiger partial charge is 0.170 e. The Hall–Kier alpha value is -1.13. The molecule has 0 atom stereocenters. The molecule has 1 aromatic carbocycles. The second-order valence-corrected chi connectivity index (χ2v) is 5.99. The largest absolute Gasteiger partial charge is 0.356 e. The number of fused-ring (bicyclic) bond motifs is 3. The van der Waals surface area contributed by atoms with E-state index in [1.807, 2.05) is 0 Å². The Morgan fingerprint density at radius 1 is 1.39 bits per heavy atom. The second-order valence-electron chi connectivity index (χ2n) is 5.07. The van der Waals surface area contributed by atoms with Crippen LogP contribution in [0.5, 0.6) is 0 Å². The van der Waals surface area contributed by atoms with Crippen molar-refractivity contribution in [1.29, 1.82) is 0 Å². The average molecular weight is 305 g/mol. The van der Waals surface area contributed by atoms with Crippen LogP contribution in [0.2, 0.25) is 0 Å². The van der Waals surface area contributed by atoms with Crippen LogP contribution in [0.15, 0.2) is 27.2 Å². The van der Waals surface area contributed by atoms with Gasteiger partial charge in [-0.25, -0.2) is 0 Å². The minimum atomic E-state index is 0.704. The lowest BCUT2D eigenvalue weighted by Gasteiger charge is -2.00. The number of rotatable bonds is 3. The Balaban J connectivity index is 1.66. The van der Waals surface area contributed by atoms with E-state index < -0.39 is 0 Å². The Morgan fingerprint density at radius 2 is 2.28 bits per heavy atom. The van der Waals surface area contributed by atoms with Gasteiger partial charge in [0, 0.05) is 34.6 Å². The van der Waals surface area contributed by atoms with E-state index in [2.05, 4.69) is 44.6 Å². The molecule has 4 heteroatoms. The van der Waals surface area contributed by atoms with Crippen molar-refractivity contribution in [2.75, 3.05) is 0 Å². The summed E-state index contributed by atoms with van der Waals surface area (Å²) < 4.78 is 6.64. The van der Waals surface area contributed by atoms with Gasteiger partial charge in [0.2, 0.25) is 0 Å². The van der Waals surface area contributed by atoms with E-state index in [1.54, 1.807) is 0 Å². The molecule has 0 amide bonds. The molecule has 92 valence electrons. The van der Waals surface area contributed by atoms with Crippen molar-refractivity contribution in [3.05, 3.63) is 39.5 Å². The maximum Gasteiger partial charge on any atom is 0.170 e. The normalized spacial score (nSPS) is 16.7. The average Bonchev–Trinajstić information content (AvgIpc) is 3.00. The first kappa shape index (κ1) is 10.8. The summed E-state index contributed by atoms with van der Waals surface area (Å²) in [5, 5.41) is 7.70. The number of halogens is 1.